The van der Waals surface area contributed by atoms with Crippen LogP contribution in [0.1, 0.15) is 35.8 Å². The van der Waals surface area contributed by atoms with E-state index in [0.717, 1.165) is 47.6 Å². The van der Waals surface area contributed by atoms with Crippen molar-refractivity contribution < 1.29 is 35.8 Å². The van der Waals surface area contributed by atoms with Crippen LogP contribution < -0.4 is 10.1 Å². The minimum Gasteiger partial charge on any atom is -0.405 e. The van der Waals surface area contributed by atoms with Gasteiger partial charge >= 0.3 is 12.5 Å². The molecule has 1 saturated heterocycles. The summed E-state index contributed by atoms with van der Waals surface area (Å²) < 4.78 is 91.1. The molecule has 11 heteroatoms. The van der Waals surface area contributed by atoms with E-state index >= 15 is 0 Å². The molecule has 0 saturated carbocycles. The van der Waals surface area contributed by atoms with Crippen LogP contribution in [0.25, 0.3) is 11.3 Å². The normalized spacial score (nSPS) is 22.6. The van der Waals surface area contributed by atoms with Crippen molar-refractivity contribution >= 4 is 5.57 Å². The minimum atomic E-state index is -4.99. The zero-order chi connectivity index (χ0) is 25.6. The number of imidazole rings is 1. The van der Waals surface area contributed by atoms with Crippen molar-refractivity contribution in [2.24, 2.45) is 0 Å². The topological polar surface area (TPSA) is 48.3 Å². The molecule has 190 valence electrons. The highest BCUT2D eigenvalue weighted by Crippen LogP contribution is 2.46. The Morgan fingerprint density at radius 3 is 2.56 bits per heavy atom. The van der Waals surface area contributed by atoms with E-state index in [1.54, 1.807) is 6.08 Å². The van der Waals surface area contributed by atoms with Crippen LogP contribution in [0, 0.1) is 0 Å². The summed E-state index contributed by atoms with van der Waals surface area (Å²) in [6.45, 7) is 0.714. The summed E-state index contributed by atoms with van der Waals surface area (Å²) in [5, 5.41) is 3.43. The molecule has 0 aliphatic carbocycles. The molecule has 2 aromatic carbocycles. The first-order valence-electron chi connectivity index (χ1n) is 11.2. The van der Waals surface area contributed by atoms with Gasteiger partial charge in [0.05, 0.1) is 12.6 Å². The van der Waals surface area contributed by atoms with Gasteiger partial charge in [-0.05, 0) is 54.8 Å². The van der Waals surface area contributed by atoms with Gasteiger partial charge < -0.3 is 14.8 Å². The highest BCUT2D eigenvalue weighted by atomic mass is 19.4. The maximum atomic E-state index is 13.4. The lowest BCUT2D eigenvalue weighted by Crippen LogP contribution is -2.47. The number of halogens is 6. The molecule has 1 spiro atoms. The molecule has 3 heterocycles. The quantitative estimate of drug-likeness (QED) is 0.434. The summed E-state index contributed by atoms with van der Waals surface area (Å²) >= 11 is 0. The van der Waals surface area contributed by atoms with Gasteiger partial charge in [-0.1, -0.05) is 30.3 Å². The van der Waals surface area contributed by atoms with E-state index in [0.29, 0.717) is 12.0 Å². The molecule has 0 bridgehead atoms. The van der Waals surface area contributed by atoms with Crippen molar-refractivity contribution in [1.29, 1.82) is 0 Å². The van der Waals surface area contributed by atoms with Crippen LogP contribution >= 0.6 is 0 Å². The second-order valence-electron chi connectivity index (χ2n) is 8.66. The van der Waals surface area contributed by atoms with Crippen LogP contribution in [-0.4, -0.2) is 34.7 Å². The fourth-order valence-corrected chi connectivity index (χ4v) is 4.88. The lowest BCUT2D eigenvalue weighted by Gasteiger charge is -2.40. The first-order valence-corrected chi connectivity index (χ1v) is 11.2. The number of piperidine rings is 1. The Bertz CT molecular complexity index is 1270. The van der Waals surface area contributed by atoms with Crippen LogP contribution in [0.3, 0.4) is 0 Å². The Hall–Kier alpha value is -3.31. The van der Waals surface area contributed by atoms with Gasteiger partial charge in [-0.25, -0.2) is 4.98 Å². The zero-order valence-corrected chi connectivity index (χ0v) is 18.7. The van der Waals surface area contributed by atoms with Crippen LogP contribution in [-0.2, 0) is 10.9 Å². The highest BCUT2D eigenvalue weighted by molar-refractivity contribution is 5.75. The molecule has 0 radical (unpaired) electrons. The number of nitrogens with one attached hydrogen (secondary N) is 1. The summed E-state index contributed by atoms with van der Waals surface area (Å²) in [6.07, 6.45) is -4.48. The van der Waals surface area contributed by atoms with Crippen molar-refractivity contribution in [1.82, 2.24) is 14.9 Å². The number of aromatic nitrogens is 2. The Morgan fingerprint density at radius 2 is 1.83 bits per heavy atom. The molecule has 2 aliphatic heterocycles. The molecule has 2 atom stereocenters. The predicted octanol–water partition coefficient (Wildman–Crippen LogP) is 6.07. The lowest BCUT2D eigenvalue weighted by molar-refractivity contribution is -0.274. The number of hydrogen-bond acceptors (Lipinski definition) is 4. The number of nitrogens with zero attached hydrogens (tertiary/aromatic N) is 2. The van der Waals surface area contributed by atoms with Gasteiger partial charge in [-0.3, -0.25) is 4.57 Å². The zero-order valence-electron chi connectivity index (χ0n) is 18.7. The number of ether oxygens (including phenoxy) is 2. The third kappa shape index (κ3) is 4.72. The number of hydrogen-bond donors (Lipinski definition) is 1. The van der Waals surface area contributed by atoms with Gasteiger partial charge in [-0.2, -0.15) is 13.2 Å². The van der Waals surface area contributed by atoms with E-state index in [2.05, 4.69) is 15.0 Å². The standard InChI is InChI=1S/C25H21F6N3O2/c26-24(27,28)22-33-11-12-34(22)18-7-8-20(36-25(29,30)31)19(13-18)17-14-23(35-15-17)9-4-10-32-21(23)16-5-2-1-3-6-16/h1-3,5-8,11-14,21,32H,4,9-10,15H2/t21-,23+/m0/s1. The Balaban J connectivity index is 1.60. The van der Waals surface area contributed by atoms with Crippen LogP contribution in [0.2, 0.25) is 0 Å². The molecular formula is C25H21F6N3O2. The third-order valence-electron chi connectivity index (χ3n) is 6.34. The molecule has 5 nitrogen and oxygen atoms in total. The molecule has 3 aromatic rings. The van der Waals surface area contributed by atoms with Gasteiger partial charge in [0.2, 0.25) is 5.82 Å². The number of rotatable bonds is 4. The molecule has 0 unspecified atom stereocenters. The molecule has 1 aromatic heterocycles. The van der Waals surface area contributed by atoms with E-state index in [9.17, 15) is 26.3 Å². The smallest absolute Gasteiger partial charge is 0.405 e. The van der Waals surface area contributed by atoms with E-state index < -0.39 is 29.7 Å². The monoisotopic (exact) mass is 509 g/mol. The fraction of sp³-hybridized carbons (Fsp3) is 0.320. The maximum absolute atomic E-state index is 13.4. The van der Waals surface area contributed by atoms with Gasteiger partial charge in [0.1, 0.15) is 11.4 Å². The van der Waals surface area contributed by atoms with E-state index in [1.807, 2.05) is 30.3 Å². The summed E-state index contributed by atoms with van der Waals surface area (Å²) in [5.74, 6) is -1.71. The Labute approximate surface area is 202 Å². The summed E-state index contributed by atoms with van der Waals surface area (Å²) in [4.78, 5) is 3.36. The molecule has 2 aliphatic rings. The summed E-state index contributed by atoms with van der Waals surface area (Å²) in [5.41, 5.74) is 0.526. The van der Waals surface area contributed by atoms with E-state index in [-0.39, 0.29) is 23.9 Å². The number of benzene rings is 2. The third-order valence-corrected chi connectivity index (χ3v) is 6.34. The second kappa shape index (κ2) is 8.97. The number of alkyl halides is 6. The molecule has 36 heavy (non-hydrogen) atoms. The van der Waals surface area contributed by atoms with E-state index in [4.69, 9.17) is 4.74 Å². The fourth-order valence-electron chi connectivity index (χ4n) is 4.88. The first kappa shape index (κ1) is 24.4. The van der Waals surface area contributed by atoms with Gasteiger partial charge in [0, 0.05) is 23.6 Å². The van der Waals surface area contributed by atoms with Crippen molar-refractivity contribution in [3.05, 3.63) is 84.0 Å². The lowest BCUT2D eigenvalue weighted by atomic mass is 9.81. The van der Waals surface area contributed by atoms with Crippen molar-refractivity contribution in [2.45, 2.75) is 37.0 Å². The maximum Gasteiger partial charge on any atom is 0.573 e. The molecular weight excluding hydrogens is 488 g/mol. The second-order valence-corrected chi connectivity index (χ2v) is 8.66. The van der Waals surface area contributed by atoms with Gasteiger partial charge in [-0.15, -0.1) is 13.2 Å². The molecule has 5 rings (SSSR count). The largest absolute Gasteiger partial charge is 0.573 e. The predicted molar refractivity (Wildman–Crippen MR) is 118 cm³/mol. The highest BCUT2D eigenvalue weighted by Gasteiger charge is 2.45. The van der Waals surface area contributed by atoms with Crippen LogP contribution in [0.15, 0.2) is 67.0 Å². The Kier molecular flexibility index (Phi) is 6.08. The van der Waals surface area contributed by atoms with Crippen LogP contribution in [0.5, 0.6) is 5.75 Å². The Morgan fingerprint density at radius 1 is 1.06 bits per heavy atom. The average molecular weight is 509 g/mol. The van der Waals surface area contributed by atoms with Gasteiger partial charge in [0.25, 0.3) is 0 Å². The van der Waals surface area contributed by atoms with Crippen molar-refractivity contribution in [3.8, 4) is 11.4 Å². The van der Waals surface area contributed by atoms with Crippen LogP contribution in [0.4, 0.5) is 26.3 Å². The average Bonchev–Trinajstić information content (AvgIpc) is 3.48. The minimum absolute atomic E-state index is 0.000842. The molecule has 1 N–H and O–H groups in total. The van der Waals surface area contributed by atoms with Crippen molar-refractivity contribution in [3.63, 3.8) is 0 Å². The molecule has 1 fully saturated rings. The SMILES string of the molecule is FC(F)(F)Oc1ccc(-n2ccnc2C(F)(F)F)cc1C1=C[C@@]2(CCCN[C@H]2c2ccccc2)OC1. The first-order chi connectivity index (χ1) is 17.1. The summed E-state index contributed by atoms with van der Waals surface area (Å²) in [7, 11) is 0. The van der Waals surface area contributed by atoms with E-state index in [1.165, 1.54) is 6.07 Å². The van der Waals surface area contributed by atoms with Crippen molar-refractivity contribution in [2.75, 3.05) is 13.2 Å². The van der Waals surface area contributed by atoms with Gasteiger partial charge in [0.15, 0.2) is 0 Å². The summed E-state index contributed by atoms with van der Waals surface area (Å²) in [6, 6.07) is 12.7. The molecule has 0 amide bonds.